The van der Waals surface area contributed by atoms with E-state index in [1.54, 1.807) is 23.1 Å². The third-order valence-electron chi connectivity index (χ3n) is 2.17. The molecule has 1 amide bonds. The second kappa shape index (κ2) is 4.94. The lowest BCUT2D eigenvalue weighted by Gasteiger charge is -2.01. The highest BCUT2D eigenvalue weighted by Crippen LogP contribution is 2.07. The number of halogens is 1. The normalized spacial score (nSPS) is 10.6. The van der Waals surface area contributed by atoms with Gasteiger partial charge in [-0.25, -0.2) is 4.52 Å². The molecule has 0 radical (unpaired) electrons. The van der Waals surface area contributed by atoms with E-state index in [4.69, 9.17) is 11.6 Å². The monoisotopic (exact) mass is 238 g/mol. The zero-order valence-electron chi connectivity index (χ0n) is 8.56. The van der Waals surface area contributed by atoms with Crippen LogP contribution in [0.3, 0.4) is 0 Å². The fourth-order valence-electron chi connectivity index (χ4n) is 1.37. The Bertz CT molecular complexity index is 496. The Morgan fingerprint density at radius 2 is 2.38 bits per heavy atom. The fraction of sp³-hybridized carbons (Fsp3) is 0.300. The molecular formula is C10H11ClN4O. The second-order valence-corrected chi connectivity index (χ2v) is 3.64. The highest BCUT2D eigenvalue weighted by Gasteiger charge is 2.11. The molecule has 0 aliphatic rings. The lowest BCUT2D eigenvalue weighted by molar-refractivity contribution is 0.0955. The first-order valence-corrected chi connectivity index (χ1v) is 5.48. The van der Waals surface area contributed by atoms with Gasteiger partial charge < -0.3 is 5.32 Å². The molecule has 16 heavy (non-hydrogen) atoms. The summed E-state index contributed by atoms with van der Waals surface area (Å²) < 4.78 is 1.61. The number of alkyl halides is 1. The number of hydrogen-bond acceptors (Lipinski definition) is 3. The second-order valence-electron chi connectivity index (χ2n) is 3.26. The molecule has 0 unspecified atom stereocenters. The van der Waals surface area contributed by atoms with Crippen molar-refractivity contribution in [3.8, 4) is 0 Å². The molecule has 0 saturated heterocycles. The number of carbonyl (C=O) groups is 1. The van der Waals surface area contributed by atoms with Crippen LogP contribution in [-0.2, 0) is 0 Å². The molecule has 0 aliphatic heterocycles. The minimum absolute atomic E-state index is 0.145. The molecule has 0 fully saturated rings. The Kier molecular flexibility index (Phi) is 3.36. The first kappa shape index (κ1) is 10.9. The smallest absolute Gasteiger partial charge is 0.255 e. The highest BCUT2D eigenvalue weighted by molar-refractivity contribution is 6.17. The summed E-state index contributed by atoms with van der Waals surface area (Å²) in [5.41, 5.74) is 1.23. The molecule has 0 aromatic carbocycles. The molecule has 1 N–H and O–H groups in total. The molecule has 0 spiro atoms. The Labute approximate surface area is 97.4 Å². The quantitative estimate of drug-likeness (QED) is 0.641. The van der Waals surface area contributed by atoms with Gasteiger partial charge in [-0.15, -0.1) is 11.6 Å². The van der Waals surface area contributed by atoms with Crippen LogP contribution in [0.1, 0.15) is 16.8 Å². The van der Waals surface area contributed by atoms with E-state index < -0.39 is 0 Å². The standard InChI is InChI=1S/C10H11ClN4O/c11-2-1-3-13-10(16)8-6-14-15-5-4-12-7-9(8)15/h4-7H,1-3H2,(H,13,16). The van der Waals surface area contributed by atoms with Gasteiger partial charge in [0.15, 0.2) is 0 Å². The number of rotatable bonds is 4. The largest absolute Gasteiger partial charge is 0.352 e. The van der Waals surface area contributed by atoms with Crippen molar-refractivity contribution in [3.63, 3.8) is 0 Å². The van der Waals surface area contributed by atoms with Crippen molar-refractivity contribution < 1.29 is 4.79 Å². The summed E-state index contributed by atoms with van der Waals surface area (Å²) in [5.74, 6) is 0.393. The lowest BCUT2D eigenvalue weighted by Crippen LogP contribution is -2.24. The van der Waals surface area contributed by atoms with Crippen LogP contribution < -0.4 is 5.32 Å². The minimum atomic E-state index is -0.145. The Balaban J connectivity index is 2.17. The molecule has 5 nitrogen and oxygen atoms in total. The van der Waals surface area contributed by atoms with Crippen molar-refractivity contribution in [3.05, 3.63) is 30.4 Å². The molecule has 0 bridgehead atoms. The van der Waals surface area contributed by atoms with E-state index in [2.05, 4.69) is 15.4 Å². The van der Waals surface area contributed by atoms with Gasteiger partial charge in [0.25, 0.3) is 5.91 Å². The number of nitrogens with one attached hydrogen (secondary N) is 1. The number of carbonyl (C=O) groups excluding carboxylic acids is 1. The third-order valence-corrected chi connectivity index (χ3v) is 2.43. The van der Waals surface area contributed by atoms with Crippen molar-refractivity contribution in [2.75, 3.05) is 12.4 Å². The van der Waals surface area contributed by atoms with Crippen LogP contribution in [-0.4, -0.2) is 32.9 Å². The first-order valence-electron chi connectivity index (χ1n) is 4.94. The zero-order valence-corrected chi connectivity index (χ0v) is 9.31. The Morgan fingerprint density at radius 1 is 1.50 bits per heavy atom. The van der Waals surface area contributed by atoms with Gasteiger partial charge >= 0.3 is 0 Å². The molecule has 2 rings (SSSR count). The van der Waals surface area contributed by atoms with E-state index in [0.29, 0.717) is 23.5 Å². The van der Waals surface area contributed by atoms with Crippen LogP contribution >= 0.6 is 11.6 Å². The summed E-state index contributed by atoms with van der Waals surface area (Å²) >= 11 is 5.53. The van der Waals surface area contributed by atoms with Gasteiger partial charge in [0.2, 0.25) is 0 Å². The van der Waals surface area contributed by atoms with Gasteiger partial charge in [-0.1, -0.05) is 0 Å². The maximum atomic E-state index is 11.8. The summed E-state index contributed by atoms with van der Waals surface area (Å²) in [6.07, 6.45) is 7.22. The maximum Gasteiger partial charge on any atom is 0.255 e. The van der Waals surface area contributed by atoms with E-state index >= 15 is 0 Å². The topological polar surface area (TPSA) is 59.3 Å². The van der Waals surface area contributed by atoms with Crippen molar-refractivity contribution in [2.24, 2.45) is 0 Å². The predicted octanol–water partition coefficient (Wildman–Crippen LogP) is 1.09. The van der Waals surface area contributed by atoms with Gasteiger partial charge in [0, 0.05) is 24.8 Å². The van der Waals surface area contributed by atoms with Crippen molar-refractivity contribution in [1.82, 2.24) is 19.9 Å². The summed E-state index contributed by atoms with van der Waals surface area (Å²) in [6, 6.07) is 0. The average molecular weight is 239 g/mol. The number of aromatic nitrogens is 3. The van der Waals surface area contributed by atoms with E-state index in [-0.39, 0.29) is 5.91 Å². The number of fused-ring (bicyclic) bond motifs is 1. The van der Waals surface area contributed by atoms with Crippen LogP contribution in [0, 0.1) is 0 Å². The van der Waals surface area contributed by atoms with E-state index in [9.17, 15) is 4.79 Å². The van der Waals surface area contributed by atoms with Gasteiger partial charge in [0.1, 0.15) is 0 Å². The fourth-order valence-corrected chi connectivity index (χ4v) is 1.51. The summed E-state index contributed by atoms with van der Waals surface area (Å²) in [7, 11) is 0. The van der Waals surface area contributed by atoms with Gasteiger partial charge in [-0.3, -0.25) is 9.78 Å². The SMILES string of the molecule is O=C(NCCCCl)c1cnn2ccncc12. The van der Waals surface area contributed by atoms with Crippen LogP contribution in [0.2, 0.25) is 0 Å². The predicted molar refractivity (Wildman–Crippen MR) is 60.7 cm³/mol. The summed E-state index contributed by atoms with van der Waals surface area (Å²) in [6.45, 7) is 0.569. The number of nitrogens with zero attached hydrogens (tertiary/aromatic N) is 3. The Hall–Kier alpha value is -1.62. The minimum Gasteiger partial charge on any atom is -0.352 e. The number of hydrogen-bond donors (Lipinski definition) is 1. The van der Waals surface area contributed by atoms with E-state index in [0.717, 1.165) is 6.42 Å². The molecular weight excluding hydrogens is 228 g/mol. The van der Waals surface area contributed by atoms with Gasteiger partial charge in [-0.05, 0) is 6.42 Å². The lowest BCUT2D eigenvalue weighted by atomic mass is 10.3. The molecule has 6 heteroatoms. The first-order chi connectivity index (χ1) is 7.83. The highest BCUT2D eigenvalue weighted by atomic mass is 35.5. The van der Waals surface area contributed by atoms with Crippen LogP contribution in [0.4, 0.5) is 0 Å². The van der Waals surface area contributed by atoms with Crippen LogP contribution in [0.5, 0.6) is 0 Å². The van der Waals surface area contributed by atoms with Crippen molar-refractivity contribution >= 4 is 23.0 Å². The maximum absolute atomic E-state index is 11.8. The molecule has 2 aromatic rings. The van der Waals surface area contributed by atoms with Gasteiger partial charge in [0.05, 0.1) is 23.5 Å². The third kappa shape index (κ3) is 2.14. The molecule has 84 valence electrons. The van der Waals surface area contributed by atoms with Crippen LogP contribution in [0.25, 0.3) is 5.52 Å². The Morgan fingerprint density at radius 3 is 3.19 bits per heavy atom. The average Bonchev–Trinajstić information content (AvgIpc) is 2.73. The summed E-state index contributed by atoms with van der Waals surface area (Å²) in [5, 5.41) is 6.83. The zero-order chi connectivity index (χ0) is 11.4. The van der Waals surface area contributed by atoms with Crippen molar-refractivity contribution in [2.45, 2.75) is 6.42 Å². The molecule has 0 aliphatic carbocycles. The van der Waals surface area contributed by atoms with E-state index in [1.807, 2.05) is 0 Å². The molecule has 2 aromatic heterocycles. The molecule has 0 atom stereocenters. The number of amides is 1. The van der Waals surface area contributed by atoms with E-state index in [1.165, 1.54) is 6.20 Å². The van der Waals surface area contributed by atoms with Crippen LogP contribution in [0.15, 0.2) is 24.8 Å². The van der Waals surface area contributed by atoms with Gasteiger partial charge in [-0.2, -0.15) is 5.10 Å². The van der Waals surface area contributed by atoms with Crippen molar-refractivity contribution in [1.29, 1.82) is 0 Å². The molecule has 2 heterocycles. The molecule has 0 saturated carbocycles. The summed E-state index contributed by atoms with van der Waals surface area (Å²) in [4.78, 5) is 15.7.